The van der Waals surface area contributed by atoms with E-state index >= 15 is 0 Å². The Hall–Kier alpha value is -1.89. The van der Waals surface area contributed by atoms with E-state index in [1.54, 1.807) is 17.0 Å². The van der Waals surface area contributed by atoms with Crippen molar-refractivity contribution in [2.75, 3.05) is 25.1 Å². The Morgan fingerprint density at radius 1 is 1.61 bits per heavy atom. The topological polar surface area (TPSA) is 99.2 Å². The summed E-state index contributed by atoms with van der Waals surface area (Å²) in [4.78, 5) is 26.3. The minimum atomic E-state index is -0.519. The molecule has 7 nitrogen and oxygen atoms in total. The molecule has 7 heteroatoms. The zero-order chi connectivity index (χ0) is 13.5. The monoisotopic (exact) mass is 254 g/mol. The third-order valence-electron chi connectivity index (χ3n) is 2.21. The van der Waals surface area contributed by atoms with E-state index in [2.05, 4.69) is 10.3 Å². The molecular formula is C11H18N4O3. The van der Waals surface area contributed by atoms with Crippen LogP contribution in [0.15, 0.2) is 17.2 Å². The quantitative estimate of drug-likeness (QED) is 0.653. The predicted octanol–water partition coefficient (Wildman–Crippen LogP) is -0.262. The molecule has 0 aliphatic heterocycles. The molecule has 0 saturated carbocycles. The second-order valence-electron chi connectivity index (χ2n) is 4.03. The van der Waals surface area contributed by atoms with Gasteiger partial charge in [-0.15, -0.1) is 0 Å². The van der Waals surface area contributed by atoms with E-state index < -0.39 is 5.91 Å². The first kappa shape index (κ1) is 14.2. The maximum Gasteiger partial charge on any atom is 0.293 e. The summed E-state index contributed by atoms with van der Waals surface area (Å²) in [6, 6.07) is 0.0761. The van der Waals surface area contributed by atoms with Crippen molar-refractivity contribution < 1.29 is 9.53 Å². The molecule has 1 rings (SSSR count). The third-order valence-corrected chi connectivity index (χ3v) is 2.21. The summed E-state index contributed by atoms with van der Waals surface area (Å²) in [5.41, 5.74) is 4.73. The molecule has 0 spiro atoms. The van der Waals surface area contributed by atoms with Crippen molar-refractivity contribution in [3.63, 3.8) is 0 Å². The number of primary amides is 1. The number of carbonyl (C=O) groups is 1. The minimum Gasteiger partial charge on any atom is -0.370 e. The molecule has 1 aromatic rings. The van der Waals surface area contributed by atoms with Gasteiger partial charge in [0.05, 0.1) is 6.61 Å². The highest BCUT2D eigenvalue weighted by Crippen LogP contribution is 2.00. The molecule has 1 aromatic heterocycles. The number of hydrogen-bond acceptors (Lipinski definition) is 5. The van der Waals surface area contributed by atoms with Crippen molar-refractivity contribution in [3.8, 4) is 0 Å². The van der Waals surface area contributed by atoms with Crippen LogP contribution < -0.4 is 16.6 Å². The largest absolute Gasteiger partial charge is 0.370 e. The highest BCUT2D eigenvalue weighted by molar-refractivity contribution is 5.74. The summed E-state index contributed by atoms with van der Waals surface area (Å²) in [5.74, 6) is -0.246. The number of ether oxygens (including phenoxy) is 1. The lowest BCUT2D eigenvalue weighted by Crippen LogP contribution is -2.27. The molecule has 0 aliphatic carbocycles. The highest BCUT2D eigenvalue weighted by Gasteiger charge is 2.06. The average Bonchev–Trinajstić information content (AvgIpc) is 2.30. The molecule has 1 amide bonds. The molecule has 0 radical (unpaired) electrons. The first-order chi connectivity index (χ1) is 8.52. The molecule has 0 saturated heterocycles. The Morgan fingerprint density at radius 2 is 2.33 bits per heavy atom. The van der Waals surface area contributed by atoms with Gasteiger partial charge in [-0.1, -0.05) is 0 Å². The smallest absolute Gasteiger partial charge is 0.293 e. The SMILES string of the molecule is CC(C)n1ccnc(NCCOCC(N)=O)c1=O. The van der Waals surface area contributed by atoms with Gasteiger partial charge in [-0.3, -0.25) is 9.59 Å². The van der Waals surface area contributed by atoms with Crippen LogP contribution in [0, 0.1) is 0 Å². The maximum atomic E-state index is 11.9. The number of aromatic nitrogens is 2. The number of amides is 1. The highest BCUT2D eigenvalue weighted by atomic mass is 16.5. The molecule has 18 heavy (non-hydrogen) atoms. The Kier molecular flexibility index (Phi) is 5.31. The van der Waals surface area contributed by atoms with Crippen LogP contribution >= 0.6 is 0 Å². The maximum absolute atomic E-state index is 11.9. The fourth-order valence-electron chi connectivity index (χ4n) is 1.37. The number of hydrogen-bond donors (Lipinski definition) is 2. The zero-order valence-electron chi connectivity index (χ0n) is 10.5. The number of nitrogens with two attached hydrogens (primary N) is 1. The molecule has 100 valence electrons. The number of anilines is 1. The van der Waals surface area contributed by atoms with Crippen molar-refractivity contribution in [3.05, 3.63) is 22.7 Å². The van der Waals surface area contributed by atoms with Crippen molar-refractivity contribution >= 4 is 11.7 Å². The molecule has 0 fully saturated rings. The van der Waals surface area contributed by atoms with Gasteiger partial charge in [-0.25, -0.2) is 4.98 Å². The van der Waals surface area contributed by atoms with E-state index in [4.69, 9.17) is 10.5 Å². The molecule has 0 atom stereocenters. The van der Waals surface area contributed by atoms with E-state index in [-0.39, 0.29) is 30.6 Å². The van der Waals surface area contributed by atoms with Gasteiger partial charge >= 0.3 is 0 Å². The summed E-state index contributed by atoms with van der Waals surface area (Å²) in [7, 11) is 0. The Balaban J connectivity index is 2.50. The molecular weight excluding hydrogens is 236 g/mol. The molecule has 0 aliphatic rings. The zero-order valence-corrected chi connectivity index (χ0v) is 10.5. The van der Waals surface area contributed by atoms with E-state index in [0.29, 0.717) is 6.54 Å². The van der Waals surface area contributed by atoms with Gasteiger partial charge in [-0.05, 0) is 13.8 Å². The summed E-state index contributed by atoms with van der Waals surface area (Å²) in [6.45, 7) is 4.38. The van der Waals surface area contributed by atoms with Crippen LogP contribution in [-0.4, -0.2) is 35.2 Å². The van der Waals surface area contributed by atoms with Crippen LogP contribution in [0.3, 0.4) is 0 Å². The number of rotatable bonds is 7. The fourth-order valence-corrected chi connectivity index (χ4v) is 1.37. The molecule has 3 N–H and O–H groups in total. The minimum absolute atomic E-state index is 0.0761. The normalized spacial score (nSPS) is 10.6. The van der Waals surface area contributed by atoms with Gasteiger partial charge < -0.3 is 20.4 Å². The van der Waals surface area contributed by atoms with Gasteiger partial charge in [0.2, 0.25) is 5.91 Å². The molecule has 1 heterocycles. The van der Waals surface area contributed by atoms with Crippen LogP contribution in [0.4, 0.5) is 5.82 Å². The second kappa shape index (κ2) is 6.75. The Morgan fingerprint density at radius 3 is 2.94 bits per heavy atom. The molecule has 0 aromatic carbocycles. The van der Waals surface area contributed by atoms with Crippen LogP contribution in [0.1, 0.15) is 19.9 Å². The van der Waals surface area contributed by atoms with E-state index in [1.165, 1.54) is 0 Å². The third kappa shape index (κ3) is 4.17. The van der Waals surface area contributed by atoms with Gasteiger partial charge in [0, 0.05) is 25.0 Å². The van der Waals surface area contributed by atoms with Crippen molar-refractivity contribution in [2.24, 2.45) is 5.73 Å². The number of nitrogens with zero attached hydrogens (tertiary/aromatic N) is 2. The summed E-state index contributed by atoms with van der Waals surface area (Å²) < 4.78 is 6.54. The second-order valence-corrected chi connectivity index (χ2v) is 4.03. The van der Waals surface area contributed by atoms with E-state index in [1.807, 2.05) is 13.8 Å². The lowest BCUT2D eigenvalue weighted by molar-refractivity contribution is -0.122. The number of nitrogens with one attached hydrogen (secondary N) is 1. The van der Waals surface area contributed by atoms with Crippen molar-refractivity contribution in [1.82, 2.24) is 9.55 Å². The average molecular weight is 254 g/mol. The first-order valence-corrected chi connectivity index (χ1v) is 5.69. The van der Waals surface area contributed by atoms with E-state index in [9.17, 15) is 9.59 Å². The Labute approximate surface area is 105 Å². The van der Waals surface area contributed by atoms with Gasteiger partial charge in [0.25, 0.3) is 5.56 Å². The van der Waals surface area contributed by atoms with Crippen LogP contribution in [0.5, 0.6) is 0 Å². The van der Waals surface area contributed by atoms with Gasteiger partial charge in [-0.2, -0.15) is 0 Å². The predicted molar refractivity (Wildman–Crippen MR) is 67.4 cm³/mol. The van der Waals surface area contributed by atoms with Crippen molar-refractivity contribution in [1.29, 1.82) is 0 Å². The number of carbonyl (C=O) groups excluding carboxylic acids is 1. The van der Waals surface area contributed by atoms with Crippen molar-refractivity contribution in [2.45, 2.75) is 19.9 Å². The lowest BCUT2D eigenvalue weighted by Gasteiger charge is -2.11. The summed E-state index contributed by atoms with van der Waals surface area (Å²) in [6.07, 6.45) is 3.20. The van der Waals surface area contributed by atoms with Gasteiger partial charge in [0.1, 0.15) is 6.61 Å². The van der Waals surface area contributed by atoms with Crippen LogP contribution in [-0.2, 0) is 9.53 Å². The summed E-state index contributed by atoms with van der Waals surface area (Å²) >= 11 is 0. The first-order valence-electron chi connectivity index (χ1n) is 5.69. The van der Waals surface area contributed by atoms with Gasteiger partial charge in [0.15, 0.2) is 5.82 Å². The summed E-state index contributed by atoms with van der Waals surface area (Å²) in [5, 5.41) is 2.86. The Bertz CT molecular complexity index is 456. The molecule has 0 unspecified atom stereocenters. The van der Waals surface area contributed by atoms with Crippen LogP contribution in [0.2, 0.25) is 0 Å². The lowest BCUT2D eigenvalue weighted by atomic mass is 10.4. The molecule has 0 bridgehead atoms. The standard InChI is InChI=1S/C11H18N4O3/c1-8(2)15-5-3-13-10(11(15)17)14-4-6-18-7-9(12)16/h3,5,8H,4,6-7H2,1-2H3,(H2,12,16)(H,13,14). The van der Waals surface area contributed by atoms with Crippen LogP contribution in [0.25, 0.3) is 0 Å². The fraction of sp³-hybridized carbons (Fsp3) is 0.545. The van der Waals surface area contributed by atoms with E-state index in [0.717, 1.165) is 0 Å².